The number of amides is 4. The Balaban J connectivity index is 1.67. The number of anilines is 2. The quantitative estimate of drug-likeness (QED) is 0.587. The SMILES string of the molecule is NC(=O)CCC1NC2(C(=O)Nc3ccccc32)C2C(=O)N(c3ccccc3C(F)(F)F)C(=O)C12. The van der Waals surface area contributed by atoms with Crippen molar-refractivity contribution in [2.45, 2.75) is 30.6 Å². The second-order valence-electron chi connectivity index (χ2n) is 8.59. The highest BCUT2D eigenvalue weighted by Crippen LogP contribution is 2.54. The van der Waals surface area contributed by atoms with Gasteiger partial charge in [-0.3, -0.25) is 24.5 Å². The number of halogens is 3. The molecule has 5 rings (SSSR count). The molecule has 0 aliphatic carbocycles. The third-order valence-electron chi connectivity index (χ3n) is 6.77. The summed E-state index contributed by atoms with van der Waals surface area (Å²) in [6.45, 7) is 0. The lowest BCUT2D eigenvalue weighted by molar-refractivity contribution is -0.137. The molecule has 3 aliphatic heterocycles. The van der Waals surface area contributed by atoms with Gasteiger partial charge in [0.25, 0.3) is 0 Å². The maximum absolute atomic E-state index is 13.7. The molecule has 4 amide bonds. The minimum absolute atomic E-state index is 0.0292. The van der Waals surface area contributed by atoms with Crippen LogP contribution in [0.3, 0.4) is 0 Å². The molecule has 3 aliphatic rings. The number of para-hydroxylation sites is 2. The Morgan fingerprint density at radius 1 is 1.03 bits per heavy atom. The van der Waals surface area contributed by atoms with Crippen LogP contribution in [0.25, 0.3) is 0 Å². The van der Waals surface area contributed by atoms with Crippen molar-refractivity contribution in [2.24, 2.45) is 17.6 Å². The van der Waals surface area contributed by atoms with Crippen LogP contribution >= 0.6 is 0 Å². The predicted molar refractivity (Wildman–Crippen MR) is 113 cm³/mol. The van der Waals surface area contributed by atoms with Gasteiger partial charge >= 0.3 is 6.18 Å². The van der Waals surface area contributed by atoms with E-state index in [1.54, 1.807) is 24.3 Å². The maximum Gasteiger partial charge on any atom is 0.418 e. The van der Waals surface area contributed by atoms with Crippen LogP contribution in [0.2, 0.25) is 0 Å². The first-order chi connectivity index (χ1) is 16.1. The summed E-state index contributed by atoms with van der Waals surface area (Å²) < 4.78 is 41.1. The van der Waals surface area contributed by atoms with E-state index >= 15 is 0 Å². The highest BCUT2D eigenvalue weighted by atomic mass is 19.4. The van der Waals surface area contributed by atoms with E-state index < -0.39 is 64.5 Å². The van der Waals surface area contributed by atoms with Gasteiger partial charge in [-0.05, 0) is 24.6 Å². The highest BCUT2D eigenvalue weighted by molar-refractivity contribution is 6.26. The van der Waals surface area contributed by atoms with Gasteiger partial charge < -0.3 is 11.1 Å². The fraction of sp³-hybridized carbons (Fsp3) is 0.304. The van der Waals surface area contributed by atoms with Gasteiger partial charge in [-0.25, -0.2) is 4.90 Å². The van der Waals surface area contributed by atoms with E-state index in [4.69, 9.17) is 5.73 Å². The molecule has 8 nitrogen and oxygen atoms in total. The number of nitrogens with one attached hydrogen (secondary N) is 2. The highest BCUT2D eigenvalue weighted by Gasteiger charge is 2.70. The molecule has 176 valence electrons. The number of primary amides is 1. The van der Waals surface area contributed by atoms with Crippen molar-refractivity contribution in [1.82, 2.24) is 5.32 Å². The summed E-state index contributed by atoms with van der Waals surface area (Å²) >= 11 is 0. The molecule has 0 saturated carbocycles. The smallest absolute Gasteiger partial charge is 0.370 e. The standard InChI is InChI=1S/C23H19F3N4O4/c24-23(25,26)12-6-2-4-8-15(12)30-19(32)17-14(9-10-16(27)31)29-22(18(17)20(30)33)11-5-1-3-7-13(11)28-21(22)34/h1-8,14,17-18,29H,9-10H2,(H2,27,31)(H,28,34). The molecule has 4 atom stereocenters. The summed E-state index contributed by atoms with van der Waals surface area (Å²) in [7, 11) is 0. The largest absolute Gasteiger partial charge is 0.418 e. The van der Waals surface area contributed by atoms with Gasteiger partial charge in [0.1, 0.15) is 5.54 Å². The number of hydrogen-bond donors (Lipinski definition) is 3. The Morgan fingerprint density at radius 2 is 1.71 bits per heavy atom. The van der Waals surface area contributed by atoms with Crippen molar-refractivity contribution >= 4 is 35.0 Å². The Labute approximate surface area is 191 Å². The third-order valence-corrected chi connectivity index (χ3v) is 6.77. The van der Waals surface area contributed by atoms with E-state index in [1.807, 2.05) is 0 Å². The topological polar surface area (TPSA) is 122 Å². The zero-order valence-electron chi connectivity index (χ0n) is 17.6. The minimum Gasteiger partial charge on any atom is -0.370 e. The number of carbonyl (C=O) groups is 4. The molecule has 0 aromatic heterocycles. The Hall–Kier alpha value is -3.73. The molecule has 34 heavy (non-hydrogen) atoms. The first-order valence-electron chi connectivity index (χ1n) is 10.6. The molecular weight excluding hydrogens is 453 g/mol. The van der Waals surface area contributed by atoms with Crippen LogP contribution in [0.5, 0.6) is 0 Å². The molecule has 2 fully saturated rings. The van der Waals surface area contributed by atoms with Crippen molar-refractivity contribution < 1.29 is 32.3 Å². The van der Waals surface area contributed by atoms with Crippen molar-refractivity contribution in [1.29, 1.82) is 0 Å². The van der Waals surface area contributed by atoms with E-state index in [9.17, 15) is 32.3 Å². The third kappa shape index (κ3) is 2.96. The minimum atomic E-state index is -4.81. The molecule has 2 aromatic rings. The molecule has 0 radical (unpaired) electrons. The first-order valence-corrected chi connectivity index (χ1v) is 10.6. The van der Waals surface area contributed by atoms with Crippen LogP contribution in [0.4, 0.5) is 24.5 Å². The van der Waals surface area contributed by atoms with Crippen LogP contribution in [0, 0.1) is 11.8 Å². The van der Waals surface area contributed by atoms with Gasteiger partial charge in [0.15, 0.2) is 0 Å². The molecule has 0 bridgehead atoms. The van der Waals surface area contributed by atoms with Crippen molar-refractivity contribution in [3.05, 3.63) is 59.7 Å². The van der Waals surface area contributed by atoms with E-state index in [1.165, 1.54) is 6.07 Å². The normalized spacial score (nSPS) is 27.8. The number of alkyl halides is 3. The number of nitrogens with zero attached hydrogens (tertiary/aromatic N) is 1. The Morgan fingerprint density at radius 3 is 2.41 bits per heavy atom. The molecule has 2 saturated heterocycles. The first kappa shape index (κ1) is 22.1. The Kier molecular flexibility index (Phi) is 4.80. The number of rotatable bonds is 4. The maximum atomic E-state index is 13.7. The van der Waals surface area contributed by atoms with Crippen molar-refractivity contribution in [3.8, 4) is 0 Å². The van der Waals surface area contributed by atoms with Gasteiger partial charge in [-0.2, -0.15) is 13.2 Å². The lowest BCUT2D eigenvalue weighted by Gasteiger charge is -2.30. The summed E-state index contributed by atoms with van der Waals surface area (Å²) in [5.74, 6) is -5.47. The van der Waals surface area contributed by atoms with Crippen LogP contribution in [0.1, 0.15) is 24.0 Å². The van der Waals surface area contributed by atoms with Gasteiger partial charge in [-0.15, -0.1) is 0 Å². The zero-order valence-corrected chi connectivity index (χ0v) is 17.6. The lowest BCUT2D eigenvalue weighted by atomic mass is 9.76. The number of carbonyl (C=O) groups excluding carboxylic acids is 4. The summed E-state index contributed by atoms with van der Waals surface area (Å²) in [6, 6.07) is 10.1. The molecule has 2 aromatic carbocycles. The van der Waals surface area contributed by atoms with Crippen molar-refractivity contribution in [2.75, 3.05) is 10.2 Å². The van der Waals surface area contributed by atoms with E-state index in [0.717, 1.165) is 18.2 Å². The molecule has 4 unspecified atom stereocenters. The monoisotopic (exact) mass is 472 g/mol. The van der Waals surface area contributed by atoms with E-state index in [2.05, 4.69) is 10.6 Å². The summed E-state index contributed by atoms with van der Waals surface area (Å²) in [6.07, 6.45) is -4.92. The number of fused-ring (bicyclic) bond motifs is 4. The molecular formula is C23H19F3N4O4. The fourth-order valence-electron chi connectivity index (χ4n) is 5.45. The average molecular weight is 472 g/mol. The molecule has 1 spiro atoms. The molecule has 11 heteroatoms. The van der Waals surface area contributed by atoms with E-state index in [0.29, 0.717) is 16.2 Å². The van der Waals surface area contributed by atoms with Crippen LogP contribution in [-0.4, -0.2) is 29.7 Å². The summed E-state index contributed by atoms with van der Waals surface area (Å²) in [5.41, 5.74) is 2.73. The van der Waals surface area contributed by atoms with Crippen LogP contribution in [-0.2, 0) is 30.9 Å². The van der Waals surface area contributed by atoms with Gasteiger partial charge in [0.05, 0.1) is 23.1 Å². The van der Waals surface area contributed by atoms with Gasteiger partial charge in [0, 0.05) is 23.7 Å². The van der Waals surface area contributed by atoms with Crippen molar-refractivity contribution in [3.63, 3.8) is 0 Å². The summed E-state index contributed by atoms with van der Waals surface area (Å²) in [5, 5.41) is 5.80. The Bertz CT molecular complexity index is 1250. The van der Waals surface area contributed by atoms with Crippen LogP contribution in [0.15, 0.2) is 48.5 Å². The summed E-state index contributed by atoms with van der Waals surface area (Å²) in [4.78, 5) is 52.5. The average Bonchev–Trinajstić information content (AvgIpc) is 3.36. The fourth-order valence-corrected chi connectivity index (χ4v) is 5.45. The van der Waals surface area contributed by atoms with Gasteiger partial charge in [-0.1, -0.05) is 30.3 Å². The molecule has 4 N–H and O–H groups in total. The zero-order chi connectivity index (χ0) is 24.4. The number of nitrogens with two attached hydrogens (primary N) is 1. The number of imide groups is 1. The number of hydrogen-bond acceptors (Lipinski definition) is 5. The second-order valence-corrected chi connectivity index (χ2v) is 8.59. The molecule has 3 heterocycles. The van der Waals surface area contributed by atoms with E-state index in [-0.39, 0.29) is 12.8 Å². The lowest BCUT2D eigenvalue weighted by Crippen LogP contribution is -2.53. The second kappa shape index (κ2) is 7.39. The van der Waals surface area contributed by atoms with Gasteiger partial charge in [0.2, 0.25) is 23.6 Å². The predicted octanol–water partition coefficient (Wildman–Crippen LogP) is 1.90. The number of benzene rings is 2. The van der Waals surface area contributed by atoms with Crippen LogP contribution < -0.4 is 21.3 Å².